The van der Waals surface area contributed by atoms with Gasteiger partial charge in [-0.05, 0) is 25.2 Å². The van der Waals surface area contributed by atoms with Crippen molar-refractivity contribution in [2.24, 2.45) is 0 Å². The molecule has 0 radical (unpaired) electrons. The summed E-state index contributed by atoms with van der Waals surface area (Å²) in [4.78, 5) is 14.8. The molecule has 1 fully saturated rings. The van der Waals surface area contributed by atoms with Gasteiger partial charge in [0.1, 0.15) is 11.4 Å². The number of hydrogen-bond donors (Lipinski definition) is 2. The molecule has 0 aliphatic carbocycles. The summed E-state index contributed by atoms with van der Waals surface area (Å²) in [6.45, 7) is 3.82. The number of thiazole rings is 1. The Morgan fingerprint density at radius 1 is 1.20 bits per heavy atom. The van der Waals surface area contributed by atoms with E-state index in [-0.39, 0.29) is 5.75 Å². The summed E-state index contributed by atoms with van der Waals surface area (Å²) in [5.74, 6) is 0.808. The van der Waals surface area contributed by atoms with Crippen LogP contribution in [0.4, 0.5) is 5.95 Å². The molecular formula is C20H21N7OS2. The maximum Gasteiger partial charge on any atom is 0.223 e. The van der Waals surface area contributed by atoms with E-state index >= 15 is 0 Å². The standard InChI is InChI=1S/C20H21N7OS2/c1-25-9-10-26(30-25)8-7-22-19-21-6-5-16(23-19)18-17(14-3-2-4-15(28)13-14)24-20-27(18)11-12-29-20/h2-6,11-13,28H,7-10H2,1H3,(H,21,22,23). The number of hydrogen-bond acceptors (Lipinski definition) is 9. The summed E-state index contributed by atoms with van der Waals surface area (Å²) >= 11 is 3.33. The lowest BCUT2D eigenvalue weighted by atomic mass is 10.1. The molecule has 4 heterocycles. The molecule has 10 heteroatoms. The molecule has 0 atom stereocenters. The van der Waals surface area contributed by atoms with Crippen LogP contribution in [0, 0.1) is 0 Å². The molecule has 0 amide bonds. The van der Waals surface area contributed by atoms with Crippen LogP contribution in [0.25, 0.3) is 27.6 Å². The van der Waals surface area contributed by atoms with E-state index in [4.69, 9.17) is 9.97 Å². The van der Waals surface area contributed by atoms with Gasteiger partial charge in [0, 0.05) is 61.7 Å². The normalized spacial score (nSPS) is 15.2. The lowest BCUT2D eigenvalue weighted by molar-refractivity contribution is 0.475. The van der Waals surface area contributed by atoms with Crippen LogP contribution >= 0.6 is 23.5 Å². The number of nitrogens with zero attached hydrogens (tertiary/aromatic N) is 6. The number of likely N-dealkylation sites (N-methyl/N-ethyl adjacent to an activating group) is 1. The summed E-state index contributed by atoms with van der Waals surface area (Å²) in [6, 6.07) is 9.04. The number of imidazole rings is 1. The molecule has 4 aromatic rings. The highest BCUT2D eigenvalue weighted by molar-refractivity contribution is 7.94. The maximum absolute atomic E-state index is 9.93. The largest absolute Gasteiger partial charge is 0.508 e. The average Bonchev–Trinajstić information content (AvgIpc) is 3.44. The SMILES string of the molecule is CN1CCN(CCNc2nccc(-c3c(-c4cccc(O)c4)nc4sccn34)n2)S1. The van der Waals surface area contributed by atoms with Crippen LogP contribution in [-0.4, -0.2) is 66.3 Å². The van der Waals surface area contributed by atoms with Gasteiger partial charge in [0.25, 0.3) is 0 Å². The molecule has 2 N–H and O–H groups in total. The van der Waals surface area contributed by atoms with E-state index in [1.54, 1.807) is 41.8 Å². The Morgan fingerprint density at radius 3 is 2.97 bits per heavy atom. The van der Waals surface area contributed by atoms with E-state index in [0.717, 1.165) is 53.8 Å². The van der Waals surface area contributed by atoms with Gasteiger partial charge in [-0.2, -0.15) is 0 Å². The van der Waals surface area contributed by atoms with Gasteiger partial charge in [0.05, 0.1) is 11.4 Å². The van der Waals surface area contributed by atoms with Crippen molar-refractivity contribution in [3.63, 3.8) is 0 Å². The molecule has 5 rings (SSSR count). The van der Waals surface area contributed by atoms with Crippen LogP contribution < -0.4 is 5.32 Å². The van der Waals surface area contributed by atoms with Crippen LogP contribution in [0.5, 0.6) is 5.75 Å². The van der Waals surface area contributed by atoms with Crippen molar-refractivity contribution >= 4 is 34.4 Å². The van der Waals surface area contributed by atoms with Crippen molar-refractivity contribution in [3.05, 3.63) is 48.1 Å². The second kappa shape index (κ2) is 8.23. The van der Waals surface area contributed by atoms with Gasteiger partial charge < -0.3 is 10.4 Å². The molecule has 0 saturated carbocycles. The van der Waals surface area contributed by atoms with Crippen LogP contribution in [0.2, 0.25) is 0 Å². The van der Waals surface area contributed by atoms with E-state index in [0.29, 0.717) is 5.95 Å². The van der Waals surface area contributed by atoms with Crippen molar-refractivity contribution in [1.82, 2.24) is 28.0 Å². The van der Waals surface area contributed by atoms with Gasteiger partial charge in [0.2, 0.25) is 5.95 Å². The Labute approximate surface area is 182 Å². The lowest BCUT2D eigenvalue weighted by Crippen LogP contribution is -2.22. The first kappa shape index (κ1) is 19.3. The van der Waals surface area contributed by atoms with E-state index in [1.165, 1.54) is 0 Å². The Balaban J connectivity index is 1.43. The van der Waals surface area contributed by atoms with Crippen molar-refractivity contribution in [1.29, 1.82) is 0 Å². The predicted molar refractivity (Wildman–Crippen MR) is 121 cm³/mol. The van der Waals surface area contributed by atoms with Gasteiger partial charge in [-0.3, -0.25) is 4.40 Å². The molecule has 0 spiro atoms. The summed E-state index contributed by atoms with van der Waals surface area (Å²) in [6.07, 6.45) is 3.76. The predicted octanol–water partition coefficient (Wildman–Crippen LogP) is 3.45. The maximum atomic E-state index is 9.93. The third kappa shape index (κ3) is 3.86. The number of benzene rings is 1. The van der Waals surface area contributed by atoms with Crippen LogP contribution in [0.1, 0.15) is 0 Å². The van der Waals surface area contributed by atoms with Gasteiger partial charge in [-0.15, -0.1) is 11.3 Å². The molecule has 8 nitrogen and oxygen atoms in total. The van der Waals surface area contributed by atoms with E-state index in [9.17, 15) is 5.11 Å². The second-order valence-electron chi connectivity index (χ2n) is 6.97. The molecule has 0 unspecified atom stereocenters. The highest BCUT2D eigenvalue weighted by Gasteiger charge is 2.19. The second-order valence-corrected chi connectivity index (χ2v) is 9.15. The third-order valence-corrected chi connectivity index (χ3v) is 6.66. The third-order valence-electron chi connectivity index (χ3n) is 4.84. The van der Waals surface area contributed by atoms with Crippen LogP contribution in [0.15, 0.2) is 48.1 Å². The van der Waals surface area contributed by atoms with E-state index in [1.807, 2.05) is 34.2 Å². The topological polar surface area (TPSA) is 81.8 Å². The number of aromatic nitrogens is 4. The quantitative estimate of drug-likeness (QED) is 0.442. The molecule has 0 bridgehead atoms. The van der Waals surface area contributed by atoms with Gasteiger partial charge in [-0.25, -0.2) is 23.6 Å². The fourth-order valence-corrected chi connectivity index (χ4v) is 5.04. The molecule has 30 heavy (non-hydrogen) atoms. The molecule has 1 aliphatic rings. The minimum atomic E-state index is 0.213. The summed E-state index contributed by atoms with van der Waals surface area (Å²) in [5.41, 5.74) is 3.31. The first-order valence-corrected chi connectivity index (χ1v) is 11.2. The fraction of sp³-hybridized carbons (Fsp3) is 0.250. The molecular weight excluding hydrogens is 418 g/mol. The average molecular weight is 440 g/mol. The summed E-state index contributed by atoms with van der Waals surface area (Å²) in [5, 5.41) is 15.3. The Morgan fingerprint density at radius 2 is 2.13 bits per heavy atom. The zero-order chi connectivity index (χ0) is 20.5. The monoisotopic (exact) mass is 439 g/mol. The molecule has 1 aromatic carbocycles. The smallest absolute Gasteiger partial charge is 0.223 e. The number of aromatic hydroxyl groups is 1. The Kier molecular flexibility index (Phi) is 5.30. The number of fused-ring (bicyclic) bond motifs is 1. The van der Waals surface area contributed by atoms with E-state index < -0.39 is 0 Å². The number of phenolic OH excluding ortho intramolecular Hbond substituents is 1. The number of phenols is 1. The van der Waals surface area contributed by atoms with Crippen molar-refractivity contribution in [2.45, 2.75) is 0 Å². The number of nitrogens with one attached hydrogen (secondary N) is 1. The minimum Gasteiger partial charge on any atom is -0.508 e. The van der Waals surface area contributed by atoms with Crippen molar-refractivity contribution in [2.75, 3.05) is 38.5 Å². The lowest BCUT2D eigenvalue weighted by Gasteiger charge is -2.14. The van der Waals surface area contributed by atoms with Crippen LogP contribution in [-0.2, 0) is 0 Å². The Hall–Kier alpha value is -2.66. The fourth-order valence-electron chi connectivity index (χ4n) is 3.44. The summed E-state index contributed by atoms with van der Waals surface area (Å²) in [7, 11) is 2.10. The number of anilines is 1. The highest BCUT2D eigenvalue weighted by Crippen LogP contribution is 2.34. The highest BCUT2D eigenvalue weighted by atomic mass is 32.2. The van der Waals surface area contributed by atoms with E-state index in [2.05, 4.69) is 26.0 Å². The molecule has 154 valence electrons. The zero-order valence-corrected chi connectivity index (χ0v) is 18.0. The molecule has 3 aromatic heterocycles. The van der Waals surface area contributed by atoms with Crippen molar-refractivity contribution < 1.29 is 5.11 Å². The van der Waals surface area contributed by atoms with Crippen LogP contribution in [0.3, 0.4) is 0 Å². The minimum absolute atomic E-state index is 0.213. The molecule has 1 saturated heterocycles. The van der Waals surface area contributed by atoms with Gasteiger partial charge in [0.15, 0.2) is 4.96 Å². The van der Waals surface area contributed by atoms with Crippen molar-refractivity contribution in [3.8, 4) is 28.4 Å². The molecule has 1 aliphatic heterocycles. The zero-order valence-electron chi connectivity index (χ0n) is 16.4. The van der Waals surface area contributed by atoms with Gasteiger partial charge in [-0.1, -0.05) is 12.1 Å². The Bertz CT molecular complexity index is 1170. The first-order chi connectivity index (χ1) is 14.7. The number of rotatable bonds is 6. The first-order valence-electron chi connectivity index (χ1n) is 9.64. The summed E-state index contributed by atoms with van der Waals surface area (Å²) < 4.78 is 6.58. The van der Waals surface area contributed by atoms with Gasteiger partial charge >= 0.3 is 0 Å².